The van der Waals surface area contributed by atoms with E-state index in [2.05, 4.69) is 13.0 Å². The number of aryl methyl sites for hydroxylation is 1. The molecule has 1 atom stereocenters. The average molecular weight is 453 g/mol. The normalized spacial score (nSPS) is 17.5. The largest absolute Gasteiger partial charge is 0.487 e. The molecule has 4 nitrogen and oxygen atoms in total. The molecule has 5 rings (SSSR count). The lowest BCUT2D eigenvalue weighted by Crippen LogP contribution is -2.39. The highest BCUT2D eigenvalue weighted by Gasteiger charge is 2.27. The lowest BCUT2D eigenvalue weighted by molar-refractivity contribution is -0.132. The van der Waals surface area contributed by atoms with Gasteiger partial charge in [-0.05, 0) is 48.9 Å². The Labute approximate surface area is 192 Å². The van der Waals surface area contributed by atoms with E-state index >= 15 is 0 Å². The topological polar surface area (TPSA) is 34.5 Å². The van der Waals surface area contributed by atoms with Crippen molar-refractivity contribution in [3.8, 4) is 22.7 Å². The molecular formula is C26H26ClFN2O2. The molecule has 3 heterocycles. The predicted octanol–water partition coefficient (Wildman–Crippen LogP) is 6.02. The van der Waals surface area contributed by atoms with Crippen LogP contribution in [0.25, 0.3) is 16.9 Å². The molecule has 2 aliphatic heterocycles. The molecule has 1 amide bonds. The van der Waals surface area contributed by atoms with E-state index in [4.69, 9.17) is 16.3 Å². The summed E-state index contributed by atoms with van der Waals surface area (Å²) in [7, 11) is 0. The summed E-state index contributed by atoms with van der Waals surface area (Å²) in [6.07, 6.45) is 3.21. The Kier molecular flexibility index (Phi) is 5.68. The fourth-order valence-electron chi connectivity index (χ4n) is 4.86. The highest BCUT2D eigenvalue weighted by atomic mass is 35.5. The van der Waals surface area contributed by atoms with Crippen LogP contribution < -0.4 is 4.74 Å². The quantitative estimate of drug-likeness (QED) is 0.485. The van der Waals surface area contributed by atoms with Gasteiger partial charge in [0.15, 0.2) is 0 Å². The van der Waals surface area contributed by atoms with Gasteiger partial charge in [0.1, 0.15) is 18.2 Å². The highest BCUT2D eigenvalue weighted by molar-refractivity contribution is 6.32. The van der Waals surface area contributed by atoms with Crippen LogP contribution in [0.4, 0.5) is 4.39 Å². The monoisotopic (exact) mass is 452 g/mol. The molecule has 0 unspecified atom stereocenters. The summed E-state index contributed by atoms with van der Waals surface area (Å²) >= 11 is 6.49. The van der Waals surface area contributed by atoms with Crippen molar-refractivity contribution >= 4 is 17.5 Å². The number of amides is 1. The van der Waals surface area contributed by atoms with Crippen molar-refractivity contribution < 1.29 is 13.9 Å². The van der Waals surface area contributed by atoms with Crippen molar-refractivity contribution in [2.24, 2.45) is 5.92 Å². The zero-order chi connectivity index (χ0) is 22.2. The van der Waals surface area contributed by atoms with Gasteiger partial charge in [0, 0.05) is 36.8 Å². The molecule has 0 spiro atoms. The Morgan fingerprint density at radius 3 is 2.88 bits per heavy atom. The fraction of sp³-hybridized carbons (Fsp3) is 0.346. The van der Waals surface area contributed by atoms with E-state index in [0.29, 0.717) is 36.1 Å². The highest BCUT2D eigenvalue weighted by Crippen LogP contribution is 2.43. The van der Waals surface area contributed by atoms with Crippen LogP contribution in [0.5, 0.6) is 5.75 Å². The number of benzene rings is 2. The van der Waals surface area contributed by atoms with Crippen molar-refractivity contribution in [3.05, 3.63) is 70.6 Å². The van der Waals surface area contributed by atoms with E-state index in [1.54, 1.807) is 6.07 Å². The fourth-order valence-corrected chi connectivity index (χ4v) is 5.12. The second-order valence-electron chi connectivity index (χ2n) is 8.81. The van der Waals surface area contributed by atoms with Gasteiger partial charge < -0.3 is 14.2 Å². The number of ether oxygens (including phenoxy) is 1. The van der Waals surface area contributed by atoms with Crippen LogP contribution in [-0.2, 0) is 17.8 Å². The maximum Gasteiger partial charge on any atom is 0.222 e. The first-order chi connectivity index (χ1) is 15.5. The van der Waals surface area contributed by atoms with E-state index in [9.17, 15) is 9.18 Å². The molecule has 1 fully saturated rings. The number of carbonyl (C=O) groups is 1. The molecule has 0 bridgehead atoms. The second-order valence-corrected chi connectivity index (χ2v) is 9.22. The Hall–Kier alpha value is -2.79. The number of piperidine rings is 1. The van der Waals surface area contributed by atoms with Gasteiger partial charge in [0.25, 0.3) is 0 Å². The van der Waals surface area contributed by atoms with Gasteiger partial charge in [0.05, 0.1) is 16.4 Å². The minimum absolute atomic E-state index is 0.175. The molecule has 0 aliphatic carbocycles. The van der Waals surface area contributed by atoms with Crippen molar-refractivity contribution in [3.63, 3.8) is 0 Å². The molecule has 2 aromatic carbocycles. The SMILES string of the molecule is C[C@H]1CCCN(C(=O)CCc2cc3c(n2-c2ccc(F)cc2Cl)-c2ccccc2CO3)C1. The first-order valence-corrected chi connectivity index (χ1v) is 11.6. The average Bonchev–Trinajstić information content (AvgIpc) is 3.16. The van der Waals surface area contributed by atoms with Gasteiger partial charge in [-0.1, -0.05) is 42.8 Å². The number of hydrogen-bond donors (Lipinski definition) is 0. The van der Waals surface area contributed by atoms with E-state index in [0.717, 1.165) is 47.8 Å². The van der Waals surface area contributed by atoms with Gasteiger partial charge in [-0.25, -0.2) is 4.39 Å². The molecule has 2 aliphatic rings. The summed E-state index contributed by atoms with van der Waals surface area (Å²) in [6, 6.07) is 14.5. The van der Waals surface area contributed by atoms with Crippen molar-refractivity contribution in [1.82, 2.24) is 9.47 Å². The van der Waals surface area contributed by atoms with Crippen molar-refractivity contribution in [2.75, 3.05) is 13.1 Å². The van der Waals surface area contributed by atoms with Gasteiger partial charge in [-0.2, -0.15) is 0 Å². The zero-order valence-electron chi connectivity index (χ0n) is 18.1. The van der Waals surface area contributed by atoms with Crippen molar-refractivity contribution in [1.29, 1.82) is 0 Å². The third-order valence-corrected chi connectivity index (χ3v) is 6.76. The molecule has 166 valence electrons. The second kappa shape index (κ2) is 8.62. The lowest BCUT2D eigenvalue weighted by Gasteiger charge is -2.31. The summed E-state index contributed by atoms with van der Waals surface area (Å²) in [5, 5.41) is 0.323. The maximum absolute atomic E-state index is 13.8. The number of aromatic nitrogens is 1. The third-order valence-electron chi connectivity index (χ3n) is 6.45. The van der Waals surface area contributed by atoms with Crippen LogP contribution >= 0.6 is 11.6 Å². The van der Waals surface area contributed by atoms with Gasteiger partial charge in [-0.3, -0.25) is 4.79 Å². The first-order valence-electron chi connectivity index (χ1n) is 11.2. The van der Waals surface area contributed by atoms with E-state index in [1.165, 1.54) is 18.6 Å². The van der Waals surface area contributed by atoms with Crippen LogP contribution in [-0.4, -0.2) is 28.5 Å². The minimum atomic E-state index is -0.382. The lowest BCUT2D eigenvalue weighted by atomic mass is 10.00. The van der Waals surface area contributed by atoms with Gasteiger partial charge >= 0.3 is 0 Å². The Morgan fingerprint density at radius 2 is 2.06 bits per heavy atom. The molecular weight excluding hydrogens is 427 g/mol. The molecule has 0 N–H and O–H groups in total. The summed E-state index contributed by atoms with van der Waals surface area (Å²) in [6.45, 7) is 4.36. The summed E-state index contributed by atoms with van der Waals surface area (Å²) in [5.74, 6) is 1.10. The summed E-state index contributed by atoms with van der Waals surface area (Å²) in [4.78, 5) is 14.9. The minimum Gasteiger partial charge on any atom is -0.487 e. The van der Waals surface area contributed by atoms with Crippen LogP contribution in [0.3, 0.4) is 0 Å². The summed E-state index contributed by atoms with van der Waals surface area (Å²) in [5.41, 5.74) is 4.66. The Balaban J connectivity index is 1.53. The standard InChI is InChI=1S/C26H26ClFN2O2/c1-17-5-4-12-29(15-17)25(31)11-9-20-14-24-26(21-7-3-2-6-18(21)16-32-24)30(20)23-10-8-19(28)13-22(23)27/h2-3,6-8,10,13-14,17H,4-5,9,11-12,15-16H2,1H3/t17-/m0/s1. The molecule has 1 aromatic heterocycles. The number of rotatable bonds is 4. The van der Waals surface area contributed by atoms with Crippen LogP contribution in [0.1, 0.15) is 37.4 Å². The zero-order valence-corrected chi connectivity index (χ0v) is 18.9. The van der Waals surface area contributed by atoms with Gasteiger partial charge in [-0.15, -0.1) is 0 Å². The van der Waals surface area contributed by atoms with Gasteiger partial charge in [0.2, 0.25) is 5.91 Å². The Bertz CT molecular complexity index is 1170. The first kappa shape index (κ1) is 21.1. The van der Waals surface area contributed by atoms with E-state index < -0.39 is 0 Å². The smallest absolute Gasteiger partial charge is 0.222 e. The molecule has 1 saturated heterocycles. The summed E-state index contributed by atoms with van der Waals surface area (Å²) < 4.78 is 21.9. The van der Waals surface area contributed by atoms with Crippen LogP contribution in [0, 0.1) is 11.7 Å². The molecule has 0 radical (unpaired) electrons. The number of nitrogens with zero attached hydrogens (tertiary/aromatic N) is 2. The molecule has 32 heavy (non-hydrogen) atoms. The predicted molar refractivity (Wildman–Crippen MR) is 124 cm³/mol. The maximum atomic E-state index is 13.8. The molecule has 3 aromatic rings. The Morgan fingerprint density at radius 1 is 1.22 bits per heavy atom. The number of fused-ring (bicyclic) bond motifs is 3. The third kappa shape index (κ3) is 3.90. The van der Waals surface area contributed by atoms with E-state index in [1.807, 2.05) is 33.7 Å². The van der Waals surface area contributed by atoms with Crippen molar-refractivity contribution in [2.45, 2.75) is 39.2 Å². The van der Waals surface area contributed by atoms with Crippen LogP contribution in [0.2, 0.25) is 5.02 Å². The molecule has 0 saturated carbocycles. The van der Waals surface area contributed by atoms with Crippen LogP contribution in [0.15, 0.2) is 48.5 Å². The number of carbonyl (C=O) groups excluding carboxylic acids is 1. The number of likely N-dealkylation sites (tertiary alicyclic amines) is 1. The molecule has 6 heteroatoms. The number of hydrogen-bond acceptors (Lipinski definition) is 2. The number of halogens is 2. The van der Waals surface area contributed by atoms with E-state index in [-0.39, 0.29) is 11.7 Å².